The van der Waals surface area contributed by atoms with Crippen LogP contribution in [0.2, 0.25) is 0 Å². The monoisotopic (exact) mass is 368 g/mol. The van der Waals surface area contributed by atoms with E-state index < -0.39 is 12.1 Å². The van der Waals surface area contributed by atoms with Gasteiger partial charge in [0.05, 0.1) is 21.6 Å². The molecular weight excluding hydrogens is 348 g/mol. The number of fused-ring (bicyclic) bond motifs is 1. The van der Waals surface area contributed by atoms with Gasteiger partial charge in [0.2, 0.25) is 0 Å². The number of hydrogen-bond donors (Lipinski definition) is 0. The first kappa shape index (κ1) is 18.1. The lowest BCUT2D eigenvalue weighted by atomic mass is 10.2. The summed E-state index contributed by atoms with van der Waals surface area (Å²) in [4.78, 5) is 30.5. The molecular formula is C20H20N2O3S. The molecule has 0 N–H and O–H groups in total. The average Bonchev–Trinajstić information content (AvgIpc) is 3.09. The Morgan fingerprint density at radius 2 is 1.81 bits per heavy atom. The minimum Gasteiger partial charge on any atom is -0.453 e. The first-order chi connectivity index (χ1) is 12.5. The Balaban J connectivity index is 1.53. The van der Waals surface area contributed by atoms with E-state index >= 15 is 0 Å². The van der Waals surface area contributed by atoms with Crippen molar-refractivity contribution in [2.24, 2.45) is 0 Å². The highest BCUT2D eigenvalue weighted by atomic mass is 32.1. The molecule has 2 aromatic carbocycles. The predicted octanol–water partition coefficient (Wildman–Crippen LogP) is 3.82. The molecule has 0 bridgehead atoms. The molecule has 1 heterocycles. The number of amides is 1. The summed E-state index contributed by atoms with van der Waals surface area (Å²) in [5, 5.41) is 0.892. The fourth-order valence-corrected chi connectivity index (χ4v) is 3.56. The van der Waals surface area contributed by atoms with Gasteiger partial charge in [0.25, 0.3) is 5.91 Å². The van der Waals surface area contributed by atoms with Crippen LogP contribution in [0.1, 0.15) is 18.4 Å². The summed E-state index contributed by atoms with van der Waals surface area (Å²) < 4.78 is 6.40. The van der Waals surface area contributed by atoms with E-state index in [9.17, 15) is 9.59 Å². The Labute approximate surface area is 156 Å². The molecule has 0 fully saturated rings. The van der Waals surface area contributed by atoms with Crippen molar-refractivity contribution in [3.05, 3.63) is 59.6 Å². The van der Waals surface area contributed by atoms with E-state index in [1.807, 2.05) is 54.6 Å². The summed E-state index contributed by atoms with van der Waals surface area (Å²) in [6, 6.07) is 17.1. The zero-order chi connectivity index (χ0) is 18.5. The minimum absolute atomic E-state index is 0.201. The van der Waals surface area contributed by atoms with Crippen LogP contribution in [0.25, 0.3) is 10.2 Å². The number of esters is 1. The van der Waals surface area contributed by atoms with Crippen molar-refractivity contribution < 1.29 is 14.3 Å². The zero-order valence-corrected chi connectivity index (χ0v) is 15.5. The fraction of sp³-hybridized carbons (Fsp3) is 0.250. The molecule has 5 nitrogen and oxygen atoms in total. The highest BCUT2D eigenvalue weighted by Crippen LogP contribution is 2.22. The lowest BCUT2D eigenvalue weighted by Gasteiger charge is -2.21. The third-order valence-electron chi connectivity index (χ3n) is 4.01. The van der Waals surface area contributed by atoms with Gasteiger partial charge in [-0.2, -0.15) is 0 Å². The van der Waals surface area contributed by atoms with Crippen LogP contribution in [0.4, 0.5) is 5.69 Å². The van der Waals surface area contributed by atoms with Gasteiger partial charge < -0.3 is 9.64 Å². The van der Waals surface area contributed by atoms with E-state index in [1.165, 1.54) is 4.90 Å². The molecule has 0 aliphatic rings. The van der Waals surface area contributed by atoms with Crippen LogP contribution >= 0.6 is 11.3 Å². The fourth-order valence-electron chi connectivity index (χ4n) is 2.59. The summed E-state index contributed by atoms with van der Waals surface area (Å²) in [5.41, 5.74) is 1.70. The van der Waals surface area contributed by atoms with Gasteiger partial charge in [0.15, 0.2) is 6.10 Å². The normalized spacial score (nSPS) is 11.9. The largest absolute Gasteiger partial charge is 0.453 e. The van der Waals surface area contributed by atoms with Gasteiger partial charge in [-0.25, -0.2) is 4.98 Å². The first-order valence-corrected chi connectivity index (χ1v) is 9.23. The molecule has 3 aromatic rings. The molecule has 0 radical (unpaired) electrons. The van der Waals surface area contributed by atoms with Gasteiger partial charge in [0, 0.05) is 19.2 Å². The molecule has 0 aliphatic heterocycles. The Morgan fingerprint density at radius 3 is 2.54 bits per heavy atom. The number of carbonyl (C=O) groups excluding carboxylic acids is 2. The summed E-state index contributed by atoms with van der Waals surface area (Å²) in [6.07, 6.45) is -0.122. The topological polar surface area (TPSA) is 59.5 Å². The molecule has 1 atom stereocenters. The number of hydrogen-bond acceptors (Lipinski definition) is 5. The van der Waals surface area contributed by atoms with Crippen LogP contribution in [0.5, 0.6) is 0 Å². The van der Waals surface area contributed by atoms with E-state index in [-0.39, 0.29) is 12.3 Å². The molecule has 0 saturated heterocycles. The summed E-state index contributed by atoms with van der Waals surface area (Å²) in [5.74, 6) is -0.656. The third-order valence-corrected chi connectivity index (χ3v) is 5.11. The number of ether oxygens (including phenoxy) is 1. The Kier molecular flexibility index (Phi) is 5.63. The molecule has 26 heavy (non-hydrogen) atoms. The minimum atomic E-state index is -0.830. The van der Waals surface area contributed by atoms with Gasteiger partial charge in [0.1, 0.15) is 0 Å². The quantitative estimate of drug-likeness (QED) is 0.621. The number of aryl methyl sites for hydroxylation is 1. The van der Waals surface area contributed by atoms with Gasteiger partial charge in [-0.15, -0.1) is 11.3 Å². The van der Waals surface area contributed by atoms with E-state index in [4.69, 9.17) is 4.74 Å². The van der Waals surface area contributed by atoms with Crippen LogP contribution < -0.4 is 4.90 Å². The van der Waals surface area contributed by atoms with Gasteiger partial charge >= 0.3 is 5.97 Å². The lowest BCUT2D eigenvalue weighted by molar-refractivity contribution is -0.153. The number of carbonyl (C=O) groups is 2. The number of aromatic nitrogens is 1. The highest BCUT2D eigenvalue weighted by molar-refractivity contribution is 7.18. The average molecular weight is 368 g/mol. The van der Waals surface area contributed by atoms with Gasteiger partial charge in [-0.3, -0.25) is 9.59 Å². The van der Waals surface area contributed by atoms with E-state index in [0.29, 0.717) is 6.42 Å². The van der Waals surface area contributed by atoms with Crippen LogP contribution in [0.3, 0.4) is 0 Å². The Bertz CT molecular complexity index is 875. The van der Waals surface area contributed by atoms with Crippen molar-refractivity contribution in [1.82, 2.24) is 4.98 Å². The van der Waals surface area contributed by atoms with Crippen LogP contribution in [0.15, 0.2) is 54.6 Å². The maximum absolute atomic E-state index is 12.4. The number of nitrogens with zero attached hydrogens (tertiary/aromatic N) is 2. The lowest BCUT2D eigenvalue weighted by Crippen LogP contribution is -2.37. The van der Waals surface area contributed by atoms with E-state index in [0.717, 1.165) is 20.9 Å². The molecule has 0 spiro atoms. The van der Waals surface area contributed by atoms with Crippen molar-refractivity contribution in [3.63, 3.8) is 0 Å². The molecule has 1 aromatic heterocycles. The molecule has 134 valence electrons. The second kappa shape index (κ2) is 8.10. The number of anilines is 1. The standard InChI is InChI=1S/C20H20N2O3S/c1-14(20(24)22(2)15-8-4-3-5-9-15)25-19(23)13-12-18-21-16-10-6-7-11-17(16)26-18/h3-11,14H,12-13H2,1-2H3/t14-/m0/s1. The third kappa shape index (κ3) is 4.26. The molecule has 0 saturated carbocycles. The molecule has 1 amide bonds. The van der Waals surface area contributed by atoms with Crippen molar-refractivity contribution in [3.8, 4) is 0 Å². The summed E-state index contributed by atoms with van der Waals surface area (Å²) >= 11 is 1.57. The zero-order valence-electron chi connectivity index (χ0n) is 14.7. The number of para-hydroxylation sites is 2. The smallest absolute Gasteiger partial charge is 0.306 e. The Morgan fingerprint density at radius 1 is 1.12 bits per heavy atom. The van der Waals surface area contributed by atoms with Gasteiger partial charge in [-0.1, -0.05) is 30.3 Å². The molecule has 0 unspecified atom stereocenters. The van der Waals surface area contributed by atoms with Crippen LogP contribution in [-0.4, -0.2) is 30.0 Å². The second-order valence-electron chi connectivity index (χ2n) is 5.94. The predicted molar refractivity (Wildman–Crippen MR) is 103 cm³/mol. The van der Waals surface area contributed by atoms with Crippen molar-refractivity contribution in [1.29, 1.82) is 0 Å². The Hall–Kier alpha value is -2.73. The van der Waals surface area contributed by atoms with E-state index in [2.05, 4.69) is 4.98 Å². The van der Waals surface area contributed by atoms with Crippen molar-refractivity contribution in [2.45, 2.75) is 25.9 Å². The number of thiazole rings is 1. The van der Waals surface area contributed by atoms with Crippen LogP contribution in [-0.2, 0) is 20.7 Å². The summed E-state index contributed by atoms with van der Waals surface area (Å²) in [7, 11) is 1.67. The van der Waals surface area contributed by atoms with Crippen LogP contribution in [0, 0.1) is 0 Å². The SMILES string of the molecule is C[C@H](OC(=O)CCc1nc2ccccc2s1)C(=O)N(C)c1ccccc1. The first-order valence-electron chi connectivity index (χ1n) is 8.41. The number of benzene rings is 2. The summed E-state index contributed by atoms with van der Waals surface area (Å²) in [6.45, 7) is 1.59. The molecule has 3 rings (SSSR count). The number of likely N-dealkylation sites (N-methyl/N-ethyl adjacent to an activating group) is 1. The van der Waals surface area contributed by atoms with Gasteiger partial charge in [-0.05, 0) is 31.2 Å². The number of rotatable bonds is 6. The van der Waals surface area contributed by atoms with Crippen molar-refractivity contribution >= 4 is 39.1 Å². The van der Waals surface area contributed by atoms with E-state index in [1.54, 1.807) is 25.3 Å². The molecule has 6 heteroatoms. The maximum Gasteiger partial charge on any atom is 0.306 e. The van der Waals surface area contributed by atoms with Crippen molar-refractivity contribution in [2.75, 3.05) is 11.9 Å². The maximum atomic E-state index is 12.4. The highest BCUT2D eigenvalue weighted by Gasteiger charge is 2.22. The molecule has 0 aliphatic carbocycles. The second-order valence-corrected chi connectivity index (χ2v) is 7.06.